The molecule has 27 heavy (non-hydrogen) atoms. The lowest BCUT2D eigenvalue weighted by atomic mass is 10.1. The lowest BCUT2D eigenvalue weighted by Crippen LogP contribution is -2.11. The van der Waals surface area contributed by atoms with Gasteiger partial charge in [-0.15, -0.1) is 11.3 Å². The van der Waals surface area contributed by atoms with Crippen molar-refractivity contribution in [3.63, 3.8) is 0 Å². The number of nitrogens with one attached hydrogen (secondary N) is 2. The number of nitrogens with zero attached hydrogens (tertiary/aromatic N) is 3. The number of thiazole rings is 1. The molecule has 1 amide bonds. The number of hydrogen-bond donors (Lipinski definition) is 2. The van der Waals surface area contributed by atoms with E-state index in [1.165, 1.54) is 11.3 Å². The maximum absolute atomic E-state index is 12.0. The van der Waals surface area contributed by atoms with E-state index in [1.54, 1.807) is 23.0 Å². The first-order valence-electron chi connectivity index (χ1n) is 8.09. The number of carbonyl (C=O) groups is 1. The van der Waals surface area contributed by atoms with Crippen molar-refractivity contribution in [3.05, 3.63) is 69.6 Å². The summed E-state index contributed by atoms with van der Waals surface area (Å²) >= 11 is 7.64. The highest BCUT2D eigenvalue weighted by Gasteiger charge is 2.12. The monoisotopic (exact) mass is 395 g/mol. The second kappa shape index (κ2) is 7.30. The van der Waals surface area contributed by atoms with Gasteiger partial charge in [-0.2, -0.15) is 5.10 Å². The van der Waals surface area contributed by atoms with Crippen LogP contribution >= 0.6 is 22.9 Å². The molecule has 0 radical (unpaired) electrons. The van der Waals surface area contributed by atoms with Crippen LogP contribution in [0.5, 0.6) is 0 Å². The number of aromatic amines is 1. The van der Waals surface area contributed by atoms with Gasteiger partial charge >= 0.3 is 0 Å². The zero-order valence-electron chi connectivity index (χ0n) is 14.2. The number of anilines is 1. The first-order valence-corrected chi connectivity index (χ1v) is 9.41. The van der Waals surface area contributed by atoms with Gasteiger partial charge < -0.3 is 5.32 Å². The molecule has 0 saturated carbocycles. The van der Waals surface area contributed by atoms with Crippen molar-refractivity contribution in [3.8, 4) is 22.8 Å². The molecule has 0 saturated heterocycles. The fraction of sp³-hybridized carbons (Fsp3) is 0.0526. The van der Waals surface area contributed by atoms with Gasteiger partial charge in [0.15, 0.2) is 11.6 Å². The van der Waals surface area contributed by atoms with Gasteiger partial charge in [-0.1, -0.05) is 23.2 Å². The number of carbonyl (C=O) groups excluding carboxylic acids is 1. The van der Waals surface area contributed by atoms with E-state index < -0.39 is 0 Å². The molecule has 2 N–H and O–H groups in total. The fourth-order valence-electron chi connectivity index (χ4n) is 2.55. The maximum Gasteiger partial charge on any atom is 0.275 e. The van der Waals surface area contributed by atoms with Crippen LogP contribution in [0.2, 0.25) is 5.02 Å². The van der Waals surface area contributed by atoms with Gasteiger partial charge in [0.1, 0.15) is 5.69 Å². The summed E-state index contributed by atoms with van der Waals surface area (Å²) in [6.45, 7) is 2.00. The molecular weight excluding hydrogens is 382 g/mol. The number of hydrogen-bond acceptors (Lipinski definition) is 5. The summed E-state index contributed by atoms with van der Waals surface area (Å²) in [6, 6.07) is 13.0. The first-order chi connectivity index (χ1) is 13.1. The molecule has 8 heteroatoms. The number of benzene rings is 2. The van der Waals surface area contributed by atoms with E-state index in [0.717, 1.165) is 16.7 Å². The van der Waals surface area contributed by atoms with Crippen LogP contribution in [0.15, 0.2) is 53.4 Å². The van der Waals surface area contributed by atoms with Crippen LogP contribution in [0.25, 0.3) is 22.8 Å². The Bertz CT molecular complexity index is 1090. The summed E-state index contributed by atoms with van der Waals surface area (Å²) in [7, 11) is 0. The van der Waals surface area contributed by atoms with Crippen LogP contribution in [0, 0.1) is 6.92 Å². The van der Waals surface area contributed by atoms with E-state index in [2.05, 4.69) is 25.5 Å². The van der Waals surface area contributed by atoms with Crippen LogP contribution < -0.4 is 5.32 Å². The molecule has 0 bridgehead atoms. The second-order valence-corrected chi connectivity index (χ2v) is 7.02. The van der Waals surface area contributed by atoms with Gasteiger partial charge in [-0.05, 0) is 43.3 Å². The quantitative estimate of drug-likeness (QED) is 0.519. The van der Waals surface area contributed by atoms with E-state index in [0.29, 0.717) is 28.1 Å². The minimum absolute atomic E-state index is 0.238. The van der Waals surface area contributed by atoms with Gasteiger partial charge in [0.05, 0.1) is 10.5 Å². The van der Waals surface area contributed by atoms with Crippen LogP contribution in [0.1, 0.15) is 16.1 Å². The summed E-state index contributed by atoms with van der Waals surface area (Å²) in [5, 5.41) is 12.3. The lowest BCUT2D eigenvalue weighted by molar-refractivity contribution is 0.102. The standard InChI is InChI=1S/C19H14ClN5OS/c1-11-2-7-15(20)14(8-11)18-23-17(24-25-18)12-3-5-13(6-4-12)22-19(26)16-9-27-10-21-16/h2-10H,1H3,(H,22,26)(H,23,24,25). The van der Waals surface area contributed by atoms with E-state index in [9.17, 15) is 4.79 Å². The Morgan fingerprint density at radius 3 is 2.74 bits per heavy atom. The van der Waals surface area contributed by atoms with Crippen LogP contribution in [0.3, 0.4) is 0 Å². The number of halogens is 1. The van der Waals surface area contributed by atoms with Gasteiger partial charge in [0, 0.05) is 22.2 Å². The average molecular weight is 396 g/mol. The van der Waals surface area contributed by atoms with Crippen molar-refractivity contribution in [2.24, 2.45) is 0 Å². The minimum Gasteiger partial charge on any atom is -0.321 e. The van der Waals surface area contributed by atoms with E-state index >= 15 is 0 Å². The molecule has 134 valence electrons. The van der Waals surface area contributed by atoms with E-state index in [4.69, 9.17) is 11.6 Å². The largest absolute Gasteiger partial charge is 0.321 e. The molecule has 4 rings (SSSR count). The second-order valence-electron chi connectivity index (χ2n) is 5.90. The normalized spacial score (nSPS) is 10.7. The molecular formula is C19H14ClN5OS. The van der Waals surface area contributed by atoms with Crippen molar-refractivity contribution in [2.75, 3.05) is 5.32 Å². The highest BCUT2D eigenvalue weighted by molar-refractivity contribution is 7.07. The molecule has 0 unspecified atom stereocenters. The van der Waals surface area contributed by atoms with Crippen LogP contribution in [-0.2, 0) is 0 Å². The maximum atomic E-state index is 12.0. The van der Waals surface area contributed by atoms with Gasteiger partial charge in [0.25, 0.3) is 5.91 Å². The molecule has 0 aliphatic carbocycles. The Hall–Kier alpha value is -3.03. The molecule has 4 aromatic rings. The van der Waals surface area contributed by atoms with Gasteiger partial charge in [-0.25, -0.2) is 9.97 Å². The zero-order chi connectivity index (χ0) is 18.8. The van der Waals surface area contributed by atoms with Gasteiger partial charge in [0.2, 0.25) is 0 Å². The SMILES string of the molecule is Cc1ccc(Cl)c(-c2nc(-c3ccc(NC(=O)c4cscn4)cc3)n[nH]2)c1. The predicted molar refractivity (Wildman–Crippen MR) is 107 cm³/mol. The third-order valence-corrected chi connectivity index (χ3v) is 4.84. The van der Waals surface area contributed by atoms with Crippen molar-refractivity contribution in [1.82, 2.24) is 20.2 Å². The van der Waals surface area contributed by atoms with Crippen molar-refractivity contribution in [2.45, 2.75) is 6.92 Å². The van der Waals surface area contributed by atoms with Crippen LogP contribution in [0.4, 0.5) is 5.69 Å². The number of aryl methyl sites for hydroxylation is 1. The number of aromatic nitrogens is 4. The Morgan fingerprint density at radius 1 is 1.19 bits per heavy atom. The Kier molecular flexibility index (Phi) is 4.70. The molecule has 2 aromatic heterocycles. The number of amides is 1. The minimum atomic E-state index is -0.238. The third kappa shape index (κ3) is 3.74. The highest BCUT2D eigenvalue weighted by Crippen LogP contribution is 2.28. The number of rotatable bonds is 4. The third-order valence-electron chi connectivity index (χ3n) is 3.93. The first kappa shape index (κ1) is 17.4. The molecule has 0 spiro atoms. The highest BCUT2D eigenvalue weighted by atomic mass is 35.5. The molecule has 0 atom stereocenters. The summed E-state index contributed by atoms with van der Waals surface area (Å²) in [4.78, 5) is 20.6. The van der Waals surface area contributed by atoms with Crippen molar-refractivity contribution < 1.29 is 4.79 Å². The predicted octanol–water partition coefficient (Wildman–Crippen LogP) is 4.81. The molecule has 2 heterocycles. The van der Waals surface area contributed by atoms with Crippen LogP contribution in [-0.4, -0.2) is 26.1 Å². The van der Waals surface area contributed by atoms with Crippen molar-refractivity contribution >= 4 is 34.5 Å². The molecule has 0 aliphatic heterocycles. The Balaban J connectivity index is 1.54. The number of H-pyrrole nitrogens is 1. The average Bonchev–Trinajstić information content (AvgIpc) is 3.36. The summed E-state index contributed by atoms with van der Waals surface area (Å²) in [6.07, 6.45) is 0. The summed E-state index contributed by atoms with van der Waals surface area (Å²) < 4.78 is 0. The molecule has 0 fully saturated rings. The smallest absolute Gasteiger partial charge is 0.275 e. The Morgan fingerprint density at radius 2 is 2.00 bits per heavy atom. The molecule has 6 nitrogen and oxygen atoms in total. The zero-order valence-corrected chi connectivity index (χ0v) is 15.8. The van der Waals surface area contributed by atoms with Gasteiger partial charge in [-0.3, -0.25) is 9.89 Å². The fourth-order valence-corrected chi connectivity index (χ4v) is 3.29. The summed E-state index contributed by atoms with van der Waals surface area (Å²) in [5.74, 6) is 0.929. The van der Waals surface area contributed by atoms with Crippen molar-refractivity contribution in [1.29, 1.82) is 0 Å². The Labute approximate surface area is 164 Å². The lowest BCUT2D eigenvalue weighted by Gasteiger charge is -2.04. The molecule has 0 aliphatic rings. The summed E-state index contributed by atoms with van der Waals surface area (Å²) in [5.41, 5.74) is 5.43. The van der Waals surface area contributed by atoms with E-state index in [1.807, 2.05) is 37.3 Å². The van der Waals surface area contributed by atoms with E-state index in [-0.39, 0.29) is 5.91 Å². The molecule has 2 aromatic carbocycles. The topological polar surface area (TPSA) is 83.6 Å².